The molecule has 0 aliphatic heterocycles. The van der Waals surface area contributed by atoms with Gasteiger partial charge >= 0.3 is 5.97 Å². The summed E-state index contributed by atoms with van der Waals surface area (Å²) in [6, 6.07) is 5.25. The van der Waals surface area contributed by atoms with Crippen molar-refractivity contribution in [1.82, 2.24) is 4.72 Å². The van der Waals surface area contributed by atoms with Crippen LogP contribution in [0.15, 0.2) is 53.0 Å². The van der Waals surface area contributed by atoms with E-state index in [1.54, 1.807) is 0 Å². The minimum atomic E-state index is -3.99. The first-order valence-corrected chi connectivity index (χ1v) is 10.1. The van der Waals surface area contributed by atoms with E-state index in [1.807, 2.05) is 12.2 Å². The van der Waals surface area contributed by atoms with Gasteiger partial charge in [-0.15, -0.1) is 0 Å². The van der Waals surface area contributed by atoms with Gasteiger partial charge in [0.25, 0.3) is 5.69 Å². The highest BCUT2D eigenvalue weighted by molar-refractivity contribution is 7.89. The molecule has 0 bridgehead atoms. The van der Waals surface area contributed by atoms with E-state index in [0.29, 0.717) is 12.8 Å². The summed E-state index contributed by atoms with van der Waals surface area (Å²) < 4.78 is 27.4. The van der Waals surface area contributed by atoms with E-state index in [-0.39, 0.29) is 23.8 Å². The third kappa shape index (κ3) is 6.00. The van der Waals surface area contributed by atoms with Gasteiger partial charge in [-0.25, -0.2) is 13.1 Å². The summed E-state index contributed by atoms with van der Waals surface area (Å²) in [5.41, 5.74) is 0.639. The molecule has 1 aliphatic carbocycles. The topological polar surface area (TPSA) is 127 Å². The van der Waals surface area contributed by atoms with Gasteiger partial charge in [-0.1, -0.05) is 35.9 Å². The lowest BCUT2D eigenvalue weighted by molar-refractivity contribution is -0.387. The molecule has 2 N–H and O–H groups in total. The molecule has 0 saturated carbocycles. The predicted molar refractivity (Wildman–Crippen MR) is 99.7 cm³/mol. The summed E-state index contributed by atoms with van der Waals surface area (Å²) >= 11 is 0. The van der Waals surface area contributed by atoms with E-state index >= 15 is 0 Å². The highest BCUT2D eigenvalue weighted by Crippen LogP contribution is 2.29. The van der Waals surface area contributed by atoms with Crippen molar-refractivity contribution in [2.24, 2.45) is 5.92 Å². The number of hydrogen-bond donors (Lipinski definition) is 2. The van der Waals surface area contributed by atoms with E-state index in [2.05, 4.69) is 10.8 Å². The number of nitrogens with one attached hydrogen (secondary N) is 1. The molecule has 8 nitrogen and oxygen atoms in total. The summed E-state index contributed by atoms with van der Waals surface area (Å²) in [5, 5.41) is 19.7. The second-order valence-corrected chi connectivity index (χ2v) is 7.97. The Morgan fingerprint density at radius 3 is 2.78 bits per heavy atom. The molecule has 9 heteroatoms. The Bertz CT molecular complexity index is 860. The predicted octanol–water partition coefficient (Wildman–Crippen LogP) is 3.02. The molecule has 1 aromatic carbocycles. The second kappa shape index (κ2) is 9.43. The van der Waals surface area contributed by atoms with Crippen LogP contribution in [0.1, 0.15) is 32.1 Å². The highest BCUT2D eigenvalue weighted by atomic mass is 32.2. The highest BCUT2D eigenvalue weighted by Gasteiger charge is 2.27. The van der Waals surface area contributed by atoms with Gasteiger partial charge in [-0.3, -0.25) is 14.9 Å². The molecule has 0 radical (unpaired) electrons. The maximum Gasteiger partial charge on any atom is 0.303 e. The Hall–Kier alpha value is -2.52. The van der Waals surface area contributed by atoms with Gasteiger partial charge in [0.2, 0.25) is 10.0 Å². The number of benzene rings is 1. The van der Waals surface area contributed by atoms with Crippen LogP contribution < -0.4 is 4.72 Å². The number of nitro groups is 1. The van der Waals surface area contributed by atoms with Crippen LogP contribution in [0.2, 0.25) is 0 Å². The first kappa shape index (κ1) is 20.8. The number of para-hydroxylation sites is 1. The SMILES string of the molecule is O=C(O)CC/C=C\CC1=CCC[C@@H]1CNS(=O)(=O)c1ccccc1[N+](=O)[O-]. The van der Waals surface area contributed by atoms with Gasteiger partial charge in [0.15, 0.2) is 4.90 Å². The van der Waals surface area contributed by atoms with Gasteiger partial charge in [0, 0.05) is 19.0 Å². The van der Waals surface area contributed by atoms with E-state index in [0.717, 1.165) is 24.5 Å². The molecule has 0 aromatic heterocycles. The molecule has 0 heterocycles. The number of sulfonamides is 1. The van der Waals surface area contributed by atoms with Crippen LogP contribution in [0.25, 0.3) is 0 Å². The molecule has 0 amide bonds. The number of nitro benzene ring substituents is 1. The van der Waals surface area contributed by atoms with Crippen LogP contribution in [0.5, 0.6) is 0 Å². The summed E-state index contributed by atoms with van der Waals surface area (Å²) in [6.07, 6.45) is 8.58. The van der Waals surface area contributed by atoms with Crippen LogP contribution in [-0.2, 0) is 14.8 Å². The molecule has 0 unspecified atom stereocenters. The molecular weight excluding hydrogens is 372 g/mol. The molecule has 2 rings (SSSR count). The molecule has 1 atom stereocenters. The summed E-state index contributed by atoms with van der Waals surface area (Å²) in [6.45, 7) is 0.170. The lowest BCUT2D eigenvalue weighted by Crippen LogP contribution is -2.29. The number of allylic oxidation sites excluding steroid dienone is 3. The number of carboxylic acids is 1. The van der Waals surface area contributed by atoms with Crippen LogP contribution in [0.3, 0.4) is 0 Å². The maximum atomic E-state index is 12.5. The lowest BCUT2D eigenvalue weighted by atomic mass is 9.99. The van der Waals surface area contributed by atoms with Crippen molar-refractivity contribution in [3.8, 4) is 0 Å². The fourth-order valence-corrected chi connectivity index (χ4v) is 4.22. The average Bonchev–Trinajstić information content (AvgIpc) is 3.07. The molecule has 1 aromatic rings. The van der Waals surface area contributed by atoms with Gasteiger partial charge in [0.05, 0.1) is 4.92 Å². The number of rotatable bonds is 10. The van der Waals surface area contributed by atoms with Gasteiger partial charge in [-0.2, -0.15) is 0 Å². The van der Waals surface area contributed by atoms with Crippen LogP contribution in [-0.4, -0.2) is 31.0 Å². The second-order valence-electron chi connectivity index (χ2n) is 6.24. The third-order valence-electron chi connectivity index (χ3n) is 4.36. The normalized spacial score (nSPS) is 17.2. The van der Waals surface area contributed by atoms with E-state index in [4.69, 9.17) is 5.11 Å². The van der Waals surface area contributed by atoms with Crippen LogP contribution in [0, 0.1) is 16.0 Å². The van der Waals surface area contributed by atoms with Crippen molar-refractivity contribution in [2.45, 2.75) is 37.0 Å². The number of aliphatic carboxylic acids is 1. The van der Waals surface area contributed by atoms with Crippen molar-refractivity contribution in [1.29, 1.82) is 0 Å². The lowest BCUT2D eigenvalue weighted by Gasteiger charge is -2.15. The number of nitrogens with zero attached hydrogens (tertiary/aromatic N) is 1. The Morgan fingerprint density at radius 2 is 2.07 bits per heavy atom. The zero-order valence-electron chi connectivity index (χ0n) is 14.7. The van der Waals surface area contributed by atoms with Crippen molar-refractivity contribution in [3.05, 3.63) is 58.2 Å². The number of hydrogen-bond acceptors (Lipinski definition) is 5. The molecule has 27 heavy (non-hydrogen) atoms. The maximum absolute atomic E-state index is 12.5. The zero-order valence-corrected chi connectivity index (χ0v) is 15.5. The van der Waals surface area contributed by atoms with Crippen LogP contribution in [0.4, 0.5) is 5.69 Å². The minimum absolute atomic E-state index is 0.0201. The third-order valence-corrected chi connectivity index (χ3v) is 5.83. The van der Waals surface area contributed by atoms with E-state index in [9.17, 15) is 23.3 Å². The Kier molecular flexibility index (Phi) is 7.26. The smallest absolute Gasteiger partial charge is 0.303 e. The molecule has 146 valence electrons. The van der Waals surface area contributed by atoms with Crippen molar-refractivity contribution in [3.63, 3.8) is 0 Å². The quantitative estimate of drug-likeness (QED) is 0.357. The summed E-state index contributed by atoms with van der Waals surface area (Å²) in [7, 11) is -3.99. The van der Waals surface area contributed by atoms with Gasteiger partial charge in [-0.05, 0) is 37.7 Å². The van der Waals surface area contributed by atoms with E-state index in [1.165, 1.54) is 18.2 Å². The Balaban J connectivity index is 1.96. The average molecular weight is 394 g/mol. The Labute approximate surface area is 157 Å². The van der Waals surface area contributed by atoms with Crippen LogP contribution >= 0.6 is 0 Å². The van der Waals surface area contributed by atoms with Gasteiger partial charge < -0.3 is 5.11 Å². The molecule has 0 spiro atoms. The molecule has 0 fully saturated rings. The fraction of sp³-hybridized carbons (Fsp3) is 0.389. The molecular formula is C18H22N2O6S. The van der Waals surface area contributed by atoms with Gasteiger partial charge in [0.1, 0.15) is 0 Å². The van der Waals surface area contributed by atoms with Crippen molar-refractivity contribution >= 4 is 21.7 Å². The summed E-state index contributed by atoms with van der Waals surface area (Å²) in [5.74, 6) is -0.825. The fourth-order valence-electron chi connectivity index (χ4n) is 2.97. The largest absolute Gasteiger partial charge is 0.481 e. The number of carboxylic acid groups (broad SMARTS) is 1. The van der Waals surface area contributed by atoms with Crippen molar-refractivity contribution < 1.29 is 23.2 Å². The first-order chi connectivity index (χ1) is 12.8. The molecule has 1 aliphatic rings. The standard InChI is InChI=1S/C18H22N2O6S/c21-18(22)12-3-1-2-7-14-8-6-9-15(14)13-19-27(25,26)17-11-5-4-10-16(17)20(23)24/h1-2,4-5,8,10-11,15,19H,3,6-7,9,12-13H2,(H,21,22)/b2-1-/t15-/m1/s1. The summed E-state index contributed by atoms with van der Waals surface area (Å²) in [4.78, 5) is 20.5. The van der Waals surface area contributed by atoms with Crippen molar-refractivity contribution in [2.75, 3.05) is 6.54 Å². The number of carbonyl (C=O) groups is 1. The monoisotopic (exact) mass is 394 g/mol. The first-order valence-electron chi connectivity index (χ1n) is 8.60. The Morgan fingerprint density at radius 1 is 1.33 bits per heavy atom. The van der Waals surface area contributed by atoms with E-state index < -0.39 is 26.6 Å². The molecule has 0 saturated heterocycles. The minimum Gasteiger partial charge on any atom is -0.481 e. The zero-order chi connectivity index (χ0) is 19.9.